The molecule has 0 amide bonds. The molecule has 1 fully saturated rings. The molecule has 32 heavy (non-hydrogen) atoms. The van der Waals surface area contributed by atoms with E-state index in [1.807, 2.05) is 24.4 Å². The minimum Gasteiger partial charge on any atom is -0.371 e. The van der Waals surface area contributed by atoms with Gasteiger partial charge in [0.1, 0.15) is 17.4 Å². The van der Waals surface area contributed by atoms with Crippen molar-refractivity contribution >= 4 is 34.2 Å². The summed E-state index contributed by atoms with van der Waals surface area (Å²) >= 11 is 6.08. The Hall–Kier alpha value is -3.12. The van der Waals surface area contributed by atoms with Crippen LogP contribution in [-0.4, -0.2) is 51.8 Å². The summed E-state index contributed by atoms with van der Waals surface area (Å²) in [5.41, 5.74) is 5.40. The van der Waals surface area contributed by atoms with Gasteiger partial charge in [-0.25, -0.2) is 9.97 Å². The molecule has 3 heterocycles. The Morgan fingerprint density at radius 1 is 1.06 bits per heavy atom. The maximum Gasteiger partial charge on any atom is 0.140 e. The summed E-state index contributed by atoms with van der Waals surface area (Å²) in [4.78, 5) is 28.8. The standard InChI is InChI=1S/C25H26ClN5O/c1-17(32)14-18-2-6-21(7-3-18)30-10-12-31(13-11-30)24-9-4-19(16-27-24)25-28-22-8-5-20(26)15-23(22)29-25/h2,4-6,8-9,15-16H,3,7,10-14H2,1H3,(H,28,29). The van der Waals surface area contributed by atoms with Crippen LogP contribution in [0.25, 0.3) is 22.4 Å². The van der Waals surface area contributed by atoms with Crippen LogP contribution in [0.2, 0.25) is 5.02 Å². The molecule has 1 saturated heterocycles. The van der Waals surface area contributed by atoms with Gasteiger partial charge < -0.3 is 14.8 Å². The van der Waals surface area contributed by atoms with Crippen LogP contribution in [-0.2, 0) is 4.79 Å². The van der Waals surface area contributed by atoms with E-state index in [2.05, 4.69) is 44.1 Å². The minimum absolute atomic E-state index is 0.241. The number of hydrogen-bond donors (Lipinski definition) is 1. The van der Waals surface area contributed by atoms with Crippen LogP contribution in [0.4, 0.5) is 5.82 Å². The number of carbonyl (C=O) groups excluding carboxylic acids is 1. The topological polar surface area (TPSA) is 65.1 Å². The largest absolute Gasteiger partial charge is 0.371 e. The van der Waals surface area contributed by atoms with Gasteiger partial charge in [-0.05, 0) is 56.2 Å². The average Bonchev–Trinajstić information content (AvgIpc) is 3.23. The van der Waals surface area contributed by atoms with E-state index in [9.17, 15) is 4.79 Å². The summed E-state index contributed by atoms with van der Waals surface area (Å²) in [6, 6.07) is 9.79. The molecular weight excluding hydrogens is 422 g/mol. The number of H-pyrrole nitrogens is 1. The van der Waals surface area contributed by atoms with Gasteiger partial charge in [0.2, 0.25) is 0 Å². The SMILES string of the molecule is CC(=O)CC1=CC=C(N2CCN(c3ccc(-c4nc5ccc(Cl)cc5[nH]4)cn3)CC2)CC1. The maximum absolute atomic E-state index is 11.3. The van der Waals surface area contributed by atoms with E-state index in [1.54, 1.807) is 6.92 Å². The maximum atomic E-state index is 11.3. The van der Waals surface area contributed by atoms with Crippen molar-refractivity contribution in [3.63, 3.8) is 0 Å². The normalized spacial score (nSPS) is 16.8. The molecule has 1 N–H and O–H groups in total. The number of allylic oxidation sites excluding steroid dienone is 4. The second-order valence-electron chi connectivity index (χ2n) is 8.49. The van der Waals surface area contributed by atoms with Gasteiger partial charge in [0.15, 0.2) is 0 Å². The van der Waals surface area contributed by atoms with Gasteiger partial charge in [-0.1, -0.05) is 23.3 Å². The van der Waals surface area contributed by atoms with E-state index in [0.717, 1.165) is 67.3 Å². The molecule has 3 aromatic rings. The van der Waals surface area contributed by atoms with Crippen LogP contribution in [0.5, 0.6) is 0 Å². The lowest BCUT2D eigenvalue weighted by molar-refractivity contribution is -0.116. The van der Waals surface area contributed by atoms with Crippen LogP contribution in [0.3, 0.4) is 0 Å². The number of aromatic amines is 1. The monoisotopic (exact) mass is 447 g/mol. The number of aromatic nitrogens is 3. The molecule has 0 spiro atoms. The highest BCUT2D eigenvalue weighted by atomic mass is 35.5. The molecule has 0 radical (unpaired) electrons. The molecule has 2 aromatic heterocycles. The third-order valence-corrected chi connectivity index (χ3v) is 6.40. The van der Waals surface area contributed by atoms with Crippen LogP contribution in [0.1, 0.15) is 26.2 Å². The fraction of sp³-hybridized carbons (Fsp3) is 0.320. The van der Waals surface area contributed by atoms with Gasteiger partial charge in [0.05, 0.1) is 11.0 Å². The first-order valence-electron chi connectivity index (χ1n) is 11.0. The van der Waals surface area contributed by atoms with Crippen molar-refractivity contribution in [1.82, 2.24) is 19.9 Å². The second kappa shape index (κ2) is 8.79. The minimum atomic E-state index is 0.241. The highest BCUT2D eigenvalue weighted by molar-refractivity contribution is 6.31. The van der Waals surface area contributed by atoms with Crippen LogP contribution in [0, 0.1) is 0 Å². The molecule has 0 bridgehead atoms. The third kappa shape index (κ3) is 4.41. The molecule has 6 nitrogen and oxygen atoms in total. The number of fused-ring (bicyclic) bond motifs is 1. The highest BCUT2D eigenvalue weighted by Crippen LogP contribution is 2.27. The van der Waals surface area contributed by atoms with Gasteiger partial charge in [-0.3, -0.25) is 4.79 Å². The third-order valence-electron chi connectivity index (χ3n) is 6.16. The molecule has 0 unspecified atom stereocenters. The van der Waals surface area contributed by atoms with Gasteiger partial charge in [0.25, 0.3) is 0 Å². The number of Topliss-reactive ketones (excluding diaryl/α,β-unsaturated/α-hetero) is 1. The van der Waals surface area contributed by atoms with Gasteiger partial charge in [-0.2, -0.15) is 0 Å². The number of hydrogen-bond acceptors (Lipinski definition) is 5. The molecule has 0 saturated carbocycles. The molecule has 1 aliphatic carbocycles. The molecule has 7 heteroatoms. The zero-order chi connectivity index (χ0) is 22.1. The number of rotatable bonds is 5. The average molecular weight is 448 g/mol. The van der Waals surface area contributed by atoms with E-state index in [1.165, 1.54) is 11.3 Å². The number of carbonyl (C=O) groups is 1. The summed E-state index contributed by atoms with van der Waals surface area (Å²) in [5, 5.41) is 0.692. The molecule has 2 aliphatic rings. The number of ketones is 1. The van der Waals surface area contributed by atoms with Crippen molar-refractivity contribution in [1.29, 1.82) is 0 Å². The van der Waals surface area contributed by atoms with E-state index < -0.39 is 0 Å². The van der Waals surface area contributed by atoms with E-state index in [0.29, 0.717) is 11.4 Å². The molecular formula is C25H26ClN5O. The lowest BCUT2D eigenvalue weighted by Gasteiger charge is -2.38. The molecule has 1 aliphatic heterocycles. The summed E-state index contributed by atoms with van der Waals surface area (Å²) < 4.78 is 0. The second-order valence-corrected chi connectivity index (χ2v) is 8.92. The zero-order valence-corrected chi connectivity index (χ0v) is 18.9. The van der Waals surface area contributed by atoms with Gasteiger partial charge in [-0.15, -0.1) is 0 Å². The van der Waals surface area contributed by atoms with E-state index in [-0.39, 0.29) is 5.78 Å². The molecule has 0 atom stereocenters. The van der Waals surface area contributed by atoms with E-state index in [4.69, 9.17) is 16.6 Å². The fourth-order valence-corrected chi connectivity index (χ4v) is 4.63. The number of anilines is 1. The Morgan fingerprint density at radius 2 is 1.88 bits per heavy atom. The Morgan fingerprint density at radius 3 is 2.56 bits per heavy atom. The number of benzene rings is 1. The summed E-state index contributed by atoms with van der Waals surface area (Å²) in [5.74, 6) is 2.03. The molecule has 1 aromatic carbocycles. The van der Waals surface area contributed by atoms with Crippen molar-refractivity contribution in [3.8, 4) is 11.4 Å². The van der Waals surface area contributed by atoms with Crippen LogP contribution < -0.4 is 4.90 Å². The van der Waals surface area contributed by atoms with Gasteiger partial charge in [0, 0.05) is 55.1 Å². The quantitative estimate of drug-likeness (QED) is 0.597. The number of nitrogens with one attached hydrogen (secondary N) is 1. The van der Waals surface area contributed by atoms with Crippen LogP contribution >= 0.6 is 11.6 Å². The van der Waals surface area contributed by atoms with Gasteiger partial charge >= 0.3 is 0 Å². The summed E-state index contributed by atoms with van der Waals surface area (Å²) in [7, 11) is 0. The smallest absolute Gasteiger partial charge is 0.140 e. The lowest BCUT2D eigenvalue weighted by atomic mass is 9.97. The molecule has 164 valence electrons. The Balaban J connectivity index is 1.22. The number of nitrogens with zero attached hydrogens (tertiary/aromatic N) is 4. The summed E-state index contributed by atoms with van der Waals surface area (Å²) in [6.45, 7) is 5.51. The number of imidazole rings is 1. The number of halogens is 1. The van der Waals surface area contributed by atoms with Crippen molar-refractivity contribution in [2.75, 3.05) is 31.1 Å². The Bertz CT molecular complexity index is 1200. The first-order chi connectivity index (χ1) is 15.5. The fourth-order valence-electron chi connectivity index (χ4n) is 4.45. The first-order valence-corrected chi connectivity index (χ1v) is 11.4. The Labute approximate surface area is 192 Å². The highest BCUT2D eigenvalue weighted by Gasteiger charge is 2.21. The molecule has 5 rings (SSSR count). The van der Waals surface area contributed by atoms with Crippen molar-refractivity contribution in [2.45, 2.75) is 26.2 Å². The van der Waals surface area contributed by atoms with Crippen LogP contribution in [0.15, 0.2) is 60.0 Å². The summed E-state index contributed by atoms with van der Waals surface area (Å²) in [6.07, 6.45) is 8.81. The predicted octanol–water partition coefficient (Wildman–Crippen LogP) is 4.98. The zero-order valence-electron chi connectivity index (χ0n) is 18.1. The lowest BCUT2D eigenvalue weighted by Crippen LogP contribution is -2.46. The predicted molar refractivity (Wildman–Crippen MR) is 129 cm³/mol. The first kappa shape index (κ1) is 20.8. The van der Waals surface area contributed by atoms with E-state index >= 15 is 0 Å². The van der Waals surface area contributed by atoms with Crippen molar-refractivity contribution in [2.24, 2.45) is 0 Å². The van der Waals surface area contributed by atoms with Crippen molar-refractivity contribution < 1.29 is 4.79 Å². The van der Waals surface area contributed by atoms with Crippen molar-refractivity contribution in [3.05, 3.63) is 65.0 Å². The Kier molecular flexibility index (Phi) is 5.70. The number of piperazine rings is 1. The number of pyridine rings is 1.